The molecule has 1 heterocycles. The van der Waals surface area contributed by atoms with Crippen LogP contribution in [0.1, 0.15) is 26.7 Å². The molecule has 0 aromatic carbocycles. The molecular weight excluding hydrogens is 194 g/mol. The molecule has 1 aliphatic rings. The molecule has 0 spiro atoms. The Bertz CT molecular complexity index is 226. The van der Waals surface area contributed by atoms with Gasteiger partial charge in [-0.25, -0.2) is 0 Å². The molecule has 0 radical (unpaired) electrons. The van der Waals surface area contributed by atoms with E-state index in [0.29, 0.717) is 6.54 Å². The van der Waals surface area contributed by atoms with Crippen LogP contribution in [0.3, 0.4) is 0 Å². The number of piperidine rings is 1. The molecule has 0 amide bonds. The summed E-state index contributed by atoms with van der Waals surface area (Å²) >= 11 is 0. The average molecular weight is 215 g/mol. The Morgan fingerprint density at radius 1 is 1.53 bits per heavy atom. The fourth-order valence-electron chi connectivity index (χ4n) is 2.16. The van der Waals surface area contributed by atoms with Crippen LogP contribution in [0.2, 0.25) is 0 Å². The highest BCUT2D eigenvalue weighted by molar-refractivity contribution is 5.74. The maximum Gasteiger partial charge on any atom is 0.309 e. The quantitative estimate of drug-likeness (QED) is 0.728. The lowest BCUT2D eigenvalue weighted by Crippen LogP contribution is -2.45. The van der Waals surface area contributed by atoms with Crippen molar-refractivity contribution < 1.29 is 15.0 Å². The molecule has 4 nitrogen and oxygen atoms in total. The van der Waals surface area contributed by atoms with E-state index in [0.717, 1.165) is 25.9 Å². The number of rotatable bonds is 4. The van der Waals surface area contributed by atoms with Gasteiger partial charge in [0.05, 0.1) is 12.0 Å². The van der Waals surface area contributed by atoms with E-state index in [9.17, 15) is 4.79 Å². The van der Waals surface area contributed by atoms with E-state index in [4.69, 9.17) is 10.2 Å². The Morgan fingerprint density at radius 3 is 2.73 bits per heavy atom. The summed E-state index contributed by atoms with van der Waals surface area (Å²) in [6.45, 7) is 6.17. The van der Waals surface area contributed by atoms with Crippen molar-refractivity contribution in [3.63, 3.8) is 0 Å². The van der Waals surface area contributed by atoms with Crippen molar-refractivity contribution in [2.75, 3.05) is 26.2 Å². The van der Waals surface area contributed by atoms with Crippen LogP contribution in [0.15, 0.2) is 0 Å². The van der Waals surface area contributed by atoms with E-state index in [2.05, 4.69) is 4.90 Å². The van der Waals surface area contributed by atoms with Crippen molar-refractivity contribution in [3.05, 3.63) is 0 Å². The fraction of sp³-hybridized carbons (Fsp3) is 0.909. The van der Waals surface area contributed by atoms with Gasteiger partial charge in [0.1, 0.15) is 0 Å². The summed E-state index contributed by atoms with van der Waals surface area (Å²) in [6.07, 6.45) is 2.00. The first-order chi connectivity index (χ1) is 6.98. The predicted molar refractivity (Wildman–Crippen MR) is 57.7 cm³/mol. The van der Waals surface area contributed by atoms with Crippen LogP contribution in [0, 0.1) is 11.3 Å². The third kappa shape index (κ3) is 2.92. The summed E-state index contributed by atoms with van der Waals surface area (Å²) in [4.78, 5) is 13.3. The first-order valence-electron chi connectivity index (χ1n) is 5.55. The van der Waals surface area contributed by atoms with Gasteiger partial charge in [-0.05, 0) is 39.2 Å². The van der Waals surface area contributed by atoms with Gasteiger partial charge in [0.25, 0.3) is 0 Å². The molecule has 0 saturated carbocycles. The Balaban J connectivity index is 2.59. The van der Waals surface area contributed by atoms with Crippen LogP contribution in [0.25, 0.3) is 0 Å². The van der Waals surface area contributed by atoms with Crippen LogP contribution in [0.5, 0.6) is 0 Å². The molecule has 88 valence electrons. The second-order valence-corrected chi connectivity index (χ2v) is 4.89. The van der Waals surface area contributed by atoms with E-state index in [-0.39, 0.29) is 12.5 Å². The zero-order valence-electron chi connectivity index (χ0n) is 9.57. The molecular formula is C11H21NO3. The smallest absolute Gasteiger partial charge is 0.309 e. The Hall–Kier alpha value is -0.610. The lowest BCUT2D eigenvalue weighted by Gasteiger charge is -2.39. The first-order valence-corrected chi connectivity index (χ1v) is 5.55. The van der Waals surface area contributed by atoms with E-state index >= 15 is 0 Å². The molecule has 1 fully saturated rings. The zero-order chi connectivity index (χ0) is 11.5. The highest BCUT2D eigenvalue weighted by Crippen LogP contribution is 2.33. The largest absolute Gasteiger partial charge is 0.481 e. The van der Waals surface area contributed by atoms with Gasteiger partial charge < -0.3 is 15.1 Å². The maximum absolute atomic E-state index is 11.1. The number of likely N-dealkylation sites (tertiary alicyclic amines) is 1. The third-order valence-electron chi connectivity index (χ3n) is 3.49. The van der Waals surface area contributed by atoms with Crippen LogP contribution in [0.4, 0.5) is 0 Å². The molecule has 2 N–H and O–H groups in total. The van der Waals surface area contributed by atoms with Gasteiger partial charge in [0.2, 0.25) is 0 Å². The molecule has 0 aliphatic carbocycles. The second kappa shape index (κ2) is 4.94. The van der Waals surface area contributed by atoms with E-state index < -0.39 is 11.4 Å². The summed E-state index contributed by atoms with van der Waals surface area (Å²) in [5.41, 5.74) is -0.659. The van der Waals surface area contributed by atoms with Gasteiger partial charge in [-0.1, -0.05) is 0 Å². The van der Waals surface area contributed by atoms with Crippen molar-refractivity contribution in [1.82, 2.24) is 4.90 Å². The average Bonchev–Trinajstić information content (AvgIpc) is 2.18. The second-order valence-electron chi connectivity index (χ2n) is 4.89. The molecule has 1 atom stereocenters. The predicted octanol–water partition coefficient (Wildman–Crippen LogP) is 0.802. The van der Waals surface area contributed by atoms with E-state index in [1.807, 2.05) is 0 Å². The summed E-state index contributed by atoms with van der Waals surface area (Å²) in [6, 6.07) is 0. The lowest BCUT2D eigenvalue weighted by molar-refractivity contribution is -0.151. The molecule has 1 rings (SSSR count). The Kier molecular flexibility index (Phi) is 4.11. The number of hydrogen-bond donors (Lipinski definition) is 2. The van der Waals surface area contributed by atoms with Crippen LogP contribution in [-0.4, -0.2) is 47.3 Å². The molecule has 0 bridgehead atoms. The van der Waals surface area contributed by atoms with Gasteiger partial charge in [-0.2, -0.15) is 0 Å². The first kappa shape index (κ1) is 12.5. The van der Waals surface area contributed by atoms with Gasteiger partial charge in [-0.3, -0.25) is 4.79 Å². The van der Waals surface area contributed by atoms with Crippen molar-refractivity contribution in [1.29, 1.82) is 0 Å². The minimum Gasteiger partial charge on any atom is -0.481 e. The van der Waals surface area contributed by atoms with Crippen LogP contribution >= 0.6 is 0 Å². The number of aliphatic carboxylic acids is 1. The number of aliphatic hydroxyl groups excluding tert-OH is 1. The van der Waals surface area contributed by atoms with Gasteiger partial charge in [-0.15, -0.1) is 0 Å². The number of aliphatic hydroxyl groups is 1. The minimum absolute atomic E-state index is 0.153. The summed E-state index contributed by atoms with van der Waals surface area (Å²) in [5, 5.41) is 18.0. The molecule has 15 heavy (non-hydrogen) atoms. The van der Waals surface area contributed by atoms with Gasteiger partial charge in [0, 0.05) is 13.1 Å². The van der Waals surface area contributed by atoms with Crippen molar-refractivity contribution in [3.8, 4) is 0 Å². The summed E-state index contributed by atoms with van der Waals surface area (Å²) < 4.78 is 0. The van der Waals surface area contributed by atoms with Crippen LogP contribution < -0.4 is 0 Å². The molecule has 1 unspecified atom stereocenters. The number of β-amino-alcohol motifs (C(OH)–C–C–N with tert-alkyl or cyclic N) is 1. The van der Waals surface area contributed by atoms with Crippen LogP contribution in [-0.2, 0) is 4.79 Å². The highest BCUT2D eigenvalue weighted by Gasteiger charge is 2.38. The molecule has 0 aromatic heterocycles. The fourth-order valence-corrected chi connectivity index (χ4v) is 2.16. The van der Waals surface area contributed by atoms with Gasteiger partial charge >= 0.3 is 5.97 Å². The standard InChI is InChI=1S/C11H21NO3/c1-11(2,10(14)15)9-4-3-5-12(8-9)6-7-13/h9,13H,3-8H2,1-2H3,(H,14,15). The molecule has 1 saturated heterocycles. The molecule has 0 aromatic rings. The summed E-state index contributed by atoms with van der Waals surface area (Å²) in [7, 11) is 0. The normalized spacial score (nSPS) is 24.1. The Labute approximate surface area is 90.9 Å². The molecule has 4 heteroatoms. The summed E-state index contributed by atoms with van der Waals surface area (Å²) in [5.74, 6) is -0.534. The third-order valence-corrected chi connectivity index (χ3v) is 3.49. The maximum atomic E-state index is 11.1. The number of carboxylic acid groups (broad SMARTS) is 1. The minimum atomic E-state index is -0.724. The Morgan fingerprint density at radius 2 is 2.20 bits per heavy atom. The zero-order valence-corrected chi connectivity index (χ0v) is 9.57. The van der Waals surface area contributed by atoms with Gasteiger partial charge in [0.15, 0.2) is 0 Å². The topological polar surface area (TPSA) is 60.8 Å². The molecule has 1 aliphatic heterocycles. The van der Waals surface area contributed by atoms with Crippen molar-refractivity contribution in [2.45, 2.75) is 26.7 Å². The van der Waals surface area contributed by atoms with Crippen molar-refractivity contribution in [2.24, 2.45) is 11.3 Å². The highest BCUT2D eigenvalue weighted by atomic mass is 16.4. The van der Waals surface area contributed by atoms with E-state index in [1.54, 1.807) is 13.8 Å². The van der Waals surface area contributed by atoms with Crippen molar-refractivity contribution >= 4 is 5.97 Å². The lowest BCUT2D eigenvalue weighted by atomic mass is 9.74. The monoisotopic (exact) mass is 215 g/mol. The van der Waals surface area contributed by atoms with E-state index in [1.165, 1.54) is 0 Å². The number of carboxylic acids is 1. The SMILES string of the molecule is CC(C)(C(=O)O)C1CCCN(CCO)C1. The number of hydrogen-bond acceptors (Lipinski definition) is 3. The number of nitrogens with zero attached hydrogens (tertiary/aromatic N) is 1. The number of carbonyl (C=O) groups is 1.